The standard InChI is InChI=1S/C14H10F3N5O3/c15-14(16,17)13-19-9(20-21-13)5-18-10(23)6-22-11(24)7-3-1-2-4-8(7)12(22)25/h1-4H,5-6H2,(H,18,23)(H,19,20,21). The van der Waals surface area contributed by atoms with E-state index in [4.69, 9.17) is 0 Å². The van der Waals surface area contributed by atoms with Crippen LogP contribution in [0.5, 0.6) is 0 Å². The van der Waals surface area contributed by atoms with Crippen molar-refractivity contribution >= 4 is 17.7 Å². The van der Waals surface area contributed by atoms with Crippen LogP contribution >= 0.6 is 0 Å². The number of nitrogens with zero attached hydrogens (tertiary/aromatic N) is 3. The fourth-order valence-electron chi connectivity index (χ4n) is 2.27. The molecule has 0 spiro atoms. The zero-order chi connectivity index (χ0) is 18.2. The smallest absolute Gasteiger partial charge is 0.347 e. The molecule has 0 fully saturated rings. The first-order valence-electron chi connectivity index (χ1n) is 6.98. The molecule has 1 aliphatic rings. The Morgan fingerprint density at radius 1 is 1.16 bits per heavy atom. The lowest BCUT2D eigenvalue weighted by atomic mass is 10.1. The van der Waals surface area contributed by atoms with Crippen molar-refractivity contribution < 1.29 is 27.6 Å². The summed E-state index contributed by atoms with van der Waals surface area (Å²) in [6.45, 7) is -0.905. The molecule has 8 nitrogen and oxygen atoms in total. The topological polar surface area (TPSA) is 108 Å². The van der Waals surface area contributed by atoms with Crippen LogP contribution in [0.2, 0.25) is 0 Å². The van der Waals surface area contributed by atoms with Crippen molar-refractivity contribution in [3.05, 3.63) is 47.0 Å². The van der Waals surface area contributed by atoms with Gasteiger partial charge >= 0.3 is 6.18 Å². The number of hydrogen-bond donors (Lipinski definition) is 2. The Balaban J connectivity index is 1.60. The number of imide groups is 1. The molecular formula is C14H10F3N5O3. The summed E-state index contributed by atoms with van der Waals surface area (Å²) in [5, 5.41) is 7.31. The molecular weight excluding hydrogens is 343 g/mol. The first kappa shape index (κ1) is 16.6. The third-order valence-electron chi connectivity index (χ3n) is 3.42. The average molecular weight is 353 g/mol. The number of halogens is 3. The highest BCUT2D eigenvalue weighted by atomic mass is 19.4. The quantitative estimate of drug-likeness (QED) is 0.788. The van der Waals surface area contributed by atoms with Gasteiger partial charge in [0.1, 0.15) is 12.4 Å². The normalized spacial score (nSPS) is 14.0. The van der Waals surface area contributed by atoms with Gasteiger partial charge in [0, 0.05) is 0 Å². The van der Waals surface area contributed by atoms with Crippen LogP contribution in [-0.4, -0.2) is 44.3 Å². The molecule has 0 saturated heterocycles. The lowest BCUT2D eigenvalue weighted by molar-refractivity contribution is -0.144. The number of carbonyl (C=O) groups is 3. The van der Waals surface area contributed by atoms with Gasteiger partial charge in [-0.2, -0.15) is 13.2 Å². The molecule has 0 aliphatic carbocycles. The number of fused-ring (bicyclic) bond motifs is 1. The van der Waals surface area contributed by atoms with E-state index < -0.39 is 36.3 Å². The molecule has 2 N–H and O–H groups in total. The maximum absolute atomic E-state index is 12.4. The first-order valence-corrected chi connectivity index (χ1v) is 6.98. The van der Waals surface area contributed by atoms with Crippen molar-refractivity contribution in [3.8, 4) is 0 Å². The van der Waals surface area contributed by atoms with Crippen LogP contribution < -0.4 is 5.32 Å². The van der Waals surface area contributed by atoms with Gasteiger partial charge in [0.05, 0.1) is 17.7 Å². The van der Waals surface area contributed by atoms with Crippen molar-refractivity contribution in [1.29, 1.82) is 0 Å². The zero-order valence-corrected chi connectivity index (χ0v) is 12.4. The van der Waals surface area contributed by atoms with Crippen LogP contribution in [-0.2, 0) is 17.5 Å². The second-order valence-corrected chi connectivity index (χ2v) is 5.12. The average Bonchev–Trinajstić information content (AvgIpc) is 3.13. The zero-order valence-electron chi connectivity index (χ0n) is 12.4. The Morgan fingerprint density at radius 3 is 2.28 bits per heavy atom. The second kappa shape index (κ2) is 6.00. The van der Waals surface area contributed by atoms with E-state index in [0.29, 0.717) is 0 Å². The second-order valence-electron chi connectivity index (χ2n) is 5.12. The van der Waals surface area contributed by atoms with Crippen molar-refractivity contribution in [2.75, 3.05) is 6.54 Å². The van der Waals surface area contributed by atoms with Gasteiger partial charge in [0.2, 0.25) is 5.91 Å². The molecule has 11 heteroatoms. The Bertz CT molecular complexity index is 826. The Morgan fingerprint density at radius 2 is 1.76 bits per heavy atom. The number of H-pyrrole nitrogens is 1. The van der Waals surface area contributed by atoms with Crippen molar-refractivity contribution in [2.45, 2.75) is 12.7 Å². The number of alkyl halides is 3. The summed E-state index contributed by atoms with van der Waals surface area (Å²) in [5.41, 5.74) is 0.399. The predicted molar refractivity (Wildman–Crippen MR) is 75.0 cm³/mol. The molecule has 130 valence electrons. The molecule has 1 aromatic heterocycles. The summed E-state index contributed by atoms with van der Waals surface area (Å²) in [5.74, 6) is -3.48. The van der Waals surface area contributed by atoms with Gasteiger partial charge in [-0.25, -0.2) is 4.98 Å². The number of aromatic nitrogens is 3. The van der Waals surface area contributed by atoms with Crippen molar-refractivity contribution in [3.63, 3.8) is 0 Å². The Kier molecular flexibility index (Phi) is 3.99. The summed E-state index contributed by atoms with van der Waals surface area (Å²) in [4.78, 5) is 40.0. The fourth-order valence-corrected chi connectivity index (χ4v) is 2.27. The molecule has 1 aliphatic heterocycles. The number of amides is 3. The van der Waals surface area contributed by atoms with E-state index >= 15 is 0 Å². The van der Waals surface area contributed by atoms with E-state index in [1.807, 2.05) is 5.10 Å². The maximum Gasteiger partial charge on any atom is 0.453 e. The van der Waals surface area contributed by atoms with E-state index in [-0.39, 0.29) is 23.5 Å². The van der Waals surface area contributed by atoms with Crippen LogP contribution in [0.3, 0.4) is 0 Å². The number of carbonyl (C=O) groups excluding carboxylic acids is 3. The largest absolute Gasteiger partial charge is 0.453 e. The molecule has 0 atom stereocenters. The minimum Gasteiger partial charge on any atom is -0.347 e. The molecule has 2 heterocycles. The summed E-state index contributed by atoms with van der Waals surface area (Å²) < 4.78 is 37.1. The molecule has 2 aromatic rings. The number of aromatic amines is 1. The van der Waals surface area contributed by atoms with Gasteiger partial charge in [-0.1, -0.05) is 12.1 Å². The lowest BCUT2D eigenvalue weighted by Crippen LogP contribution is -2.40. The van der Waals surface area contributed by atoms with Gasteiger partial charge in [-0.3, -0.25) is 24.4 Å². The highest BCUT2D eigenvalue weighted by Gasteiger charge is 2.37. The number of rotatable bonds is 4. The molecule has 0 saturated carbocycles. The van der Waals surface area contributed by atoms with Crippen LogP contribution in [0, 0.1) is 0 Å². The van der Waals surface area contributed by atoms with E-state index in [1.54, 1.807) is 12.1 Å². The van der Waals surface area contributed by atoms with Crippen LogP contribution in [0.4, 0.5) is 13.2 Å². The minimum atomic E-state index is -4.70. The number of nitrogens with one attached hydrogen (secondary N) is 2. The van der Waals surface area contributed by atoms with Gasteiger partial charge in [0.25, 0.3) is 17.6 Å². The highest BCUT2D eigenvalue weighted by Crippen LogP contribution is 2.25. The molecule has 1 aromatic carbocycles. The minimum absolute atomic E-state index is 0.199. The van der Waals surface area contributed by atoms with Gasteiger partial charge in [-0.15, -0.1) is 5.10 Å². The maximum atomic E-state index is 12.4. The van der Waals surface area contributed by atoms with E-state index in [1.165, 1.54) is 12.1 Å². The van der Waals surface area contributed by atoms with E-state index in [0.717, 1.165) is 4.90 Å². The van der Waals surface area contributed by atoms with Gasteiger partial charge < -0.3 is 5.32 Å². The lowest BCUT2D eigenvalue weighted by Gasteiger charge is -2.13. The van der Waals surface area contributed by atoms with Crippen LogP contribution in [0.15, 0.2) is 24.3 Å². The predicted octanol–water partition coefficient (Wildman–Crippen LogP) is 0.736. The summed E-state index contributed by atoms with van der Waals surface area (Å²) >= 11 is 0. The van der Waals surface area contributed by atoms with Crippen molar-refractivity contribution in [2.24, 2.45) is 0 Å². The Labute approximate surface area is 138 Å². The Hall–Kier alpha value is -3.24. The van der Waals surface area contributed by atoms with Crippen LogP contribution in [0.1, 0.15) is 32.4 Å². The highest BCUT2D eigenvalue weighted by molar-refractivity contribution is 6.22. The molecule has 25 heavy (non-hydrogen) atoms. The van der Waals surface area contributed by atoms with Crippen molar-refractivity contribution in [1.82, 2.24) is 25.4 Å². The molecule has 3 amide bonds. The summed E-state index contributed by atoms with van der Waals surface area (Å²) in [6.07, 6.45) is -4.70. The van der Waals surface area contributed by atoms with Crippen LogP contribution in [0.25, 0.3) is 0 Å². The third-order valence-corrected chi connectivity index (χ3v) is 3.42. The third kappa shape index (κ3) is 3.20. The SMILES string of the molecule is O=C(CN1C(=O)c2ccccc2C1=O)NCc1nc(C(F)(F)F)n[nH]1. The number of benzene rings is 1. The molecule has 3 rings (SSSR count). The summed E-state index contributed by atoms with van der Waals surface area (Å²) in [7, 11) is 0. The van der Waals surface area contributed by atoms with Gasteiger partial charge in [0.15, 0.2) is 0 Å². The van der Waals surface area contributed by atoms with Gasteiger partial charge in [-0.05, 0) is 12.1 Å². The first-order chi connectivity index (χ1) is 11.8. The monoisotopic (exact) mass is 353 g/mol. The molecule has 0 bridgehead atoms. The fraction of sp³-hybridized carbons (Fsp3) is 0.214. The molecule has 0 radical (unpaired) electrons. The van der Waals surface area contributed by atoms with E-state index in [2.05, 4.69) is 15.4 Å². The van der Waals surface area contributed by atoms with E-state index in [9.17, 15) is 27.6 Å². The molecule has 0 unspecified atom stereocenters. The number of hydrogen-bond acceptors (Lipinski definition) is 5. The summed E-state index contributed by atoms with van der Waals surface area (Å²) in [6, 6.07) is 6.13.